The molecule has 20 heavy (non-hydrogen) atoms. The highest BCUT2D eigenvalue weighted by molar-refractivity contribution is 4.90. The third-order valence-electron chi connectivity index (χ3n) is 2.91. The number of aryl methyl sites for hydroxylation is 1. The molecule has 0 bridgehead atoms. The zero-order valence-corrected chi connectivity index (χ0v) is 12.5. The van der Waals surface area contributed by atoms with Crippen LogP contribution >= 0.6 is 0 Å². The Morgan fingerprint density at radius 2 is 2.15 bits per heavy atom. The molecular weight excluding hydrogens is 258 g/mol. The summed E-state index contributed by atoms with van der Waals surface area (Å²) in [6.45, 7) is 5.49. The zero-order chi connectivity index (χ0) is 14.6. The largest absolute Gasteiger partial charge is 0.389 e. The smallest absolute Gasteiger partial charge is 0.122 e. The van der Waals surface area contributed by atoms with Gasteiger partial charge in [0.2, 0.25) is 0 Å². The van der Waals surface area contributed by atoms with Gasteiger partial charge in [0, 0.05) is 32.6 Å². The van der Waals surface area contributed by atoms with Crippen LogP contribution in [-0.4, -0.2) is 53.7 Å². The predicted octanol–water partition coefficient (Wildman–Crippen LogP) is 0.704. The molecule has 1 unspecified atom stereocenters. The van der Waals surface area contributed by atoms with E-state index in [2.05, 4.69) is 17.2 Å². The second-order valence-electron chi connectivity index (χ2n) is 4.78. The van der Waals surface area contributed by atoms with Crippen molar-refractivity contribution in [3.63, 3.8) is 0 Å². The minimum atomic E-state index is -0.508. The molecule has 0 aromatic carbocycles. The summed E-state index contributed by atoms with van der Waals surface area (Å²) in [5.74, 6) is 0.947. The molecule has 6 heteroatoms. The minimum absolute atomic E-state index is 0.324. The lowest BCUT2D eigenvalue weighted by molar-refractivity contribution is 0.00380. The molecule has 0 aliphatic rings. The Bertz CT molecular complexity index is 344. The Morgan fingerprint density at radius 1 is 1.35 bits per heavy atom. The van der Waals surface area contributed by atoms with Gasteiger partial charge in [-0.05, 0) is 6.42 Å². The summed E-state index contributed by atoms with van der Waals surface area (Å²) in [6, 6.07) is 0. The van der Waals surface area contributed by atoms with Crippen LogP contribution in [0.25, 0.3) is 0 Å². The molecule has 0 saturated heterocycles. The monoisotopic (exact) mass is 285 g/mol. The topological polar surface area (TPSA) is 68.5 Å². The van der Waals surface area contributed by atoms with E-state index in [1.807, 2.05) is 17.8 Å². The van der Waals surface area contributed by atoms with Crippen LogP contribution < -0.4 is 5.32 Å². The highest BCUT2D eigenvalue weighted by Crippen LogP contribution is 1.93. The third-order valence-corrected chi connectivity index (χ3v) is 2.91. The fourth-order valence-corrected chi connectivity index (χ4v) is 1.66. The first-order chi connectivity index (χ1) is 9.74. The Labute approximate surface area is 121 Å². The first-order valence-electron chi connectivity index (χ1n) is 7.24. The molecule has 116 valence electrons. The number of rotatable bonds is 12. The fourth-order valence-electron chi connectivity index (χ4n) is 1.66. The molecule has 1 aromatic heterocycles. The van der Waals surface area contributed by atoms with Crippen molar-refractivity contribution in [3.8, 4) is 0 Å². The second-order valence-corrected chi connectivity index (χ2v) is 4.78. The average Bonchev–Trinajstić information content (AvgIpc) is 2.83. The van der Waals surface area contributed by atoms with Crippen molar-refractivity contribution < 1.29 is 14.6 Å². The molecule has 0 saturated carbocycles. The van der Waals surface area contributed by atoms with Gasteiger partial charge in [0.1, 0.15) is 5.82 Å². The normalized spacial score (nSPS) is 12.8. The molecular formula is C14H27N3O3. The number of hydrogen-bond acceptors (Lipinski definition) is 5. The highest BCUT2D eigenvalue weighted by Gasteiger charge is 2.05. The number of aromatic nitrogens is 2. The Kier molecular flexibility index (Phi) is 9.23. The van der Waals surface area contributed by atoms with Crippen LogP contribution in [0, 0.1) is 0 Å². The molecule has 1 aromatic rings. The molecule has 2 N–H and O–H groups in total. The van der Waals surface area contributed by atoms with E-state index < -0.39 is 6.10 Å². The Balaban J connectivity index is 1.93. The molecule has 1 atom stereocenters. The summed E-state index contributed by atoms with van der Waals surface area (Å²) in [6.07, 6.45) is 5.37. The Morgan fingerprint density at radius 3 is 2.85 bits per heavy atom. The summed E-state index contributed by atoms with van der Waals surface area (Å²) in [4.78, 5) is 4.19. The standard InChI is InChI=1S/C14H27N3O3/c1-3-4-7-19-8-9-20-12-13(18)10-15-11-14-16-5-6-17(14)2/h5-6,13,15,18H,3-4,7-12H2,1-2H3. The van der Waals surface area contributed by atoms with Crippen LogP contribution in [0.15, 0.2) is 12.4 Å². The summed E-state index contributed by atoms with van der Waals surface area (Å²) in [5.41, 5.74) is 0. The summed E-state index contributed by atoms with van der Waals surface area (Å²) < 4.78 is 12.7. The van der Waals surface area contributed by atoms with Crippen molar-refractivity contribution in [1.82, 2.24) is 14.9 Å². The number of nitrogens with zero attached hydrogens (tertiary/aromatic N) is 2. The quantitative estimate of drug-likeness (QED) is 0.553. The maximum Gasteiger partial charge on any atom is 0.122 e. The molecule has 0 spiro atoms. The van der Waals surface area contributed by atoms with E-state index in [9.17, 15) is 5.11 Å². The van der Waals surface area contributed by atoms with Crippen molar-refractivity contribution in [3.05, 3.63) is 18.2 Å². The molecule has 0 fully saturated rings. The van der Waals surface area contributed by atoms with E-state index in [1.165, 1.54) is 0 Å². The van der Waals surface area contributed by atoms with Crippen LogP contribution in [0.4, 0.5) is 0 Å². The number of imidazole rings is 1. The summed E-state index contributed by atoms with van der Waals surface area (Å²) >= 11 is 0. The van der Waals surface area contributed by atoms with E-state index >= 15 is 0 Å². The van der Waals surface area contributed by atoms with E-state index in [0.717, 1.165) is 25.3 Å². The number of hydrogen-bond donors (Lipinski definition) is 2. The lowest BCUT2D eigenvalue weighted by Gasteiger charge is -2.12. The summed E-state index contributed by atoms with van der Waals surface area (Å²) in [7, 11) is 1.95. The van der Waals surface area contributed by atoms with Crippen molar-refractivity contribution in [2.75, 3.05) is 33.0 Å². The number of nitrogens with one attached hydrogen (secondary N) is 1. The highest BCUT2D eigenvalue weighted by atomic mass is 16.5. The van der Waals surface area contributed by atoms with Gasteiger partial charge >= 0.3 is 0 Å². The number of ether oxygens (including phenoxy) is 2. The SMILES string of the molecule is CCCCOCCOCC(O)CNCc1nccn1C. The number of aliphatic hydroxyl groups is 1. The summed E-state index contributed by atoms with van der Waals surface area (Å²) in [5, 5.41) is 12.9. The molecule has 1 heterocycles. The minimum Gasteiger partial charge on any atom is -0.389 e. The van der Waals surface area contributed by atoms with Crippen molar-refractivity contribution in [2.45, 2.75) is 32.4 Å². The van der Waals surface area contributed by atoms with Crippen molar-refractivity contribution in [1.29, 1.82) is 0 Å². The van der Waals surface area contributed by atoms with Crippen LogP contribution in [0.1, 0.15) is 25.6 Å². The molecule has 0 aliphatic carbocycles. The maximum absolute atomic E-state index is 9.73. The van der Waals surface area contributed by atoms with Crippen LogP contribution in [-0.2, 0) is 23.1 Å². The van der Waals surface area contributed by atoms with Gasteiger partial charge in [0.25, 0.3) is 0 Å². The van der Waals surface area contributed by atoms with Gasteiger partial charge in [-0.2, -0.15) is 0 Å². The molecule has 6 nitrogen and oxygen atoms in total. The zero-order valence-electron chi connectivity index (χ0n) is 12.5. The van der Waals surface area contributed by atoms with Gasteiger partial charge in [0.15, 0.2) is 0 Å². The van der Waals surface area contributed by atoms with Gasteiger partial charge in [0.05, 0.1) is 32.5 Å². The number of aliphatic hydroxyl groups excluding tert-OH is 1. The molecule has 0 aliphatic heterocycles. The van der Waals surface area contributed by atoms with Crippen LogP contribution in [0.3, 0.4) is 0 Å². The first kappa shape index (κ1) is 17.1. The number of unbranched alkanes of at least 4 members (excludes halogenated alkanes) is 1. The Hall–Kier alpha value is -0.950. The predicted molar refractivity (Wildman–Crippen MR) is 77.5 cm³/mol. The van der Waals surface area contributed by atoms with Crippen molar-refractivity contribution >= 4 is 0 Å². The fraction of sp³-hybridized carbons (Fsp3) is 0.786. The molecule has 1 rings (SSSR count). The van der Waals surface area contributed by atoms with Gasteiger partial charge in [-0.3, -0.25) is 0 Å². The van der Waals surface area contributed by atoms with Gasteiger partial charge in [-0.25, -0.2) is 4.98 Å². The second kappa shape index (κ2) is 10.8. The first-order valence-corrected chi connectivity index (χ1v) is 7.24. The maximum atomic E-state index is 9.73. The van der Waals surface area contributed by atoms with E-state index in [4.69, 9.17) is 9.47 Å². The van der Waals surface area contributed by atoms with E-state index in [-0.39, 0.29) is 0 Å². The van der Waals surface area contributed by atoms with Crippen LogP contribution in [0.5, 0.6) is 0 Å². The molecule has 0 radical (unpaired) electrons. The van der Waals surface area contributed by atoms with E-state index in [0.29, 0.717) is 32.9 Å². The van der Waals surface area contributed by atoms with Gasteiger partial charge < -0.3 is 24.5 Å². The van der Waals surface area contributed by atoms with Gasteiger partial charge in [-0.15, -0.1) is 0 Å². The van der Waals surface area contributed by atoms with Crippen LogP contribution in [0.2, 0.25) is 0 Å². The lowest BCUT2D eigenvalue weighted by Crippen LogP contribution is -2.31. The molecule has 0 amide bonds. The lowest BCUT2D eigenvalue weighted by atomic mass is 10.3. The average molecular weight is 285 g/mol. The van der Waals surface area contributed by atoms with Crippen molar-refractivity contribution in [2.24, 2.45) is 7.05 Å². The van der Waals surface area contributed by atoms with Gasteiger partial charge in [-0.1, -0.05) is 13.3 Å². The van der Waals surface area contributed by atoms with E-state index in [1.54, 1.807) is 6.20 Å². The third kappa shape index (κ3) is 7.59.